The number of hydrogen-bond donors (Lipinski definition) is 3. The smallest absolute Gasteiger partial charge is 0.274 e. The van der Waals surface area contributed by atoms with Gasteiger partial charge in [-0.05, 0) is 44.2 Å². The number of rotatable bonds is 8. The third kappa shape index (κ3) is 4.61. The fourth-order valence-corrected chi connectivity index (χ4v) is 4.79. The highest BCUT2D eigenvalue weighted by atomic mass is 16.5. The molecule has 0 spiro atoms. The molecule has 2 aliphatic carbocycles. The van der Waals surface area contributed by atoms with Gasteiger partial charge in [0.1, 0.15) is 22.9 Å². The van der Waals surface area contributed by atoms with Gasteiger partial charge in [-0.1, -0.05) is 0 Å². The van der Waals surface area contributed by atoms with Crippen molar-refractivity contribution in [3.8, 4) is 0 Å². The van der Waals surface area contributed by atoms with Gasteiger partial charge in [-0.2, -0.15) is 9.61 Å². The fraction of sp³-hybridized carbons (Fsp3) is 0.500. The number of aromatic nitrogens is 4. The van der Waals surface area contributed by atoms with Crippen LogP contribution in [0.3, 0.4) is 0 Å². The first-order chi connectivity index (χ1) is 17.0. The Labute approximate surface area is 202 Å². The molecule has 3 aromatic rings. The molecule has 3 heterocycles. The van der Waals surface area contributed by atoms with Crippen molar-refractivity contribution < 1.29 is 14.3 Å². The maximum atomic E-state index is 13.3. The number of pyridine rings is 1. The summed E-state index contributed by atoms with van der Waals surface area (Å²) in [6, 6.07) is 5.50. The summed E-state index contributed by atoms with van der Waals surface area (Å²) in [4.78, 5) is 30.8. The van der Waals surface area contributed by atoms with Gasteiger partial charge in [-0.25, -0.2) is 4.98 Å². The third-order valence-electron chi connectivity index (χ3n) is 6.93. The summed E-state index contributed by atoms with van der Waals surface area (Å²) in [5.41, 5.74) is 1.06. The Hall–Kier alpha value is -3.44. The predicted octanol–water partition coefficient (Wildman–Crippen LogP) is 2.32. The molecule has 2 saturated carbocycles. The van der Waals surface area contributed by atoms with Crippen LogP contribution in [-0.4, -0.2) is 64.6 Å². The number of carbonyl (C=O) groups excluding carboxylic acids is 1. The average Bonchev–Trinajstić information content (AvgIpc) is 3.49. The molecule has 0 aromatic carbocycles. The maximum Gasteiger partial charge on any atom is 0.274 e. The molecule has 0 bridgehead atoms. The standard InChI is InChI=1S/C24H31N7O4/c1-25-21-12-20(29-22-16(13-26-31(21)22)23(32)28-18-11-19(18)35-3)27-17-5-4-10-30(24(17)33)14-6-8-15(34-2)9-7-14/h4-5,10,12-15,18-19,25H,6-9,11H2,1-3H3,(H,27,29)(H,28,32)/t14?,15?,18-,19-/m1/s1. The molecule has 35 heavy (non-hydrogen) atoms. The highest BCUT2D eigenvalue weighted by Gasteiger charge is 2.39. The van der Waals surface area contributed by atoms with Crippen molar-refractivity contribution in [2.24, 2.45) is 0 Å². The summed E-state index contributed by atoms with van der Waals surface area (Å²) >= 11 is 0. The monoisotopic (exact) mass is 481 g/mol. The van der Waals surface area contributed by atoms with Crippen LogP contribution in [0.4, 0.5) is 17.3 Å². The molecule has 5 rings (SSSR count). The molecule has 2 fully saturated rings. The molecule has 0 radical (unpaired) electrons. The van der Waals surface area contributed by atoms with Crippen molar-refractivity contribution in [2.45, 2.75) is 56.4 Å². The Kier molecular flexibility index (Phi) is 6.44. The molecule has 0 saturated heterocycles. The molecule has 2 atom stereocenters. The summed E-state index contributed by atoms with van der Waals surface area (Å²) in [5, 5.41) is 13.5. The second-order valence-electron chi connectivity index (χ2n) is 9.09. The molecule has 0 unspecified atom stereocenters. The van der Waals surface area contributed by atoms with E-state index in [2.05, 4.69) is 26.0 Å². The van der Waals surface area contributed by atoms with Crippen molar-refractivity contribution in [1.29, 1.82) is 0 Å². The van der Waals surface area contributed by atoms with Crippen LogP contribution in [0.25, 0.3) is 5.65 Å². The zero-order valence-corrected chi connectivity index (χ0v) is 20.2. The van der Waals surface area contributed by atoms with Gasteiger partial charge < -0.3 is 30.0 Å². The summed E-state index contributed by atoms with van der Waals surface area (Å²) in [6.45, 7) is 0. The lowest BCUT2D eigenvalue weighted by molar-refractivity contribution is 0.0580. The lowest BCUT2D eigenvalue weighted by Gasteiger charge is -2.29. The van der Waals surface area contributed by atoms with Gasteiger partial charge in [0.2, 0.25) is 0 Å². The van der Waals surface area contributed by atoms with E-state index in [4.69, 9.17) is 9.47 Å². The first kappa shape index (κ1) is 23.3. The zero-order valence-electron chi connectivity index (χ0n) is 20.2. The molecular formula is C24H31N7O4. The van der Waals surface area contributed by atoms with Crippen LogP contribution in [0.1, 0.15) is 48.5 Å². The summed E-state index contributed by atoms with van der Waals surface area (Å²) in [6.07, 6.45) is 8.11. The van der Waals surface area contributed by atoms with Gasteiger partial charge in [0.05, 0.1) is 24.4 Å². The number of amides is 1. The zero-order chi connectivity index (χ0) is 24.5. The van der Waals surface area contributed by atoms with Crippen molar-refractivity contribution in [3.05, 3.63) is 46.5 Å². The maximum absolute atomic E-state index is 13.3. The quantitative estimate of drug-likeness (QED) is 0.448. The van der Waals surface area contributed by atoms with Crippen molar-refractivity contribution in [2.75, 3.05) is 31.9 Å². The van der Waals surface area contributed by atoms with Crippen LogP contribution in [-0.2, 0) is 9.47 Å². The van der Waals surface area contributed by atoms with Crippen LogP contribution >= 0.6 is 0 Å². The molecule has 11 heteroatoms. The number of anilines is 3. The highest BCUT2D eigenvalue weighted by molar-refractivity contribution is 6.00. The number of carbonyl (C=O) groups is 1. The third-order valence-corrected chi connectivity index (χ3v) is 6.93. The van der Waals surface area contributed by atoms with E-state index in [0.29, 0.717) is 28.5 Å². The SMILES string of the molecule is CNc1cc(Nc2cccn(C3CCC(OC)CC3)c2=O)nc2c(C(=O)N[C@@H]3C[C@H]3OC)cnn12. The van der Waals surface area contributed by atoms with Gasteiger partial charge in [0, 0.05) is 39.6 Å². The van der Waals surface area contributed by atoms with E-state index in [9.17, 15) is 9.59 Å². The minimum atomic E-state index is -0.259. The largest absolute Gasteiger partial charge is 0.381 e. The number of fused-ring (bicyclic) bond motifs is 1. The molecule has 2 aliphatic rings. The number of hydrogen-bond acceptors (Lipinski definition) is 8. The number of methoxy groups -OCH3 is 2. The number of nitrogens with zero attached hydrogens (tertiary/aromatic N) is 4. The van der Waals surface area contributed by atoms with Crippen molar-refractivity contribution in [1.82, 2.24) is 24.5 Å². The highest BCUT2D eigenvalue weighted by Crippen LogP contribution is 2.29. The van der Waals surface area contributed by atoms with Gasteiger partial charge >= 0.3 is 0 Å². The number of nitrogens with one attached hydrogen (secondary N) is 3. The van der Waals surface area contributed by atoms with E-state index in [1.807, 2.05) is 12.3 Å². The topological polar surface area (TPSA) is 124 Å². The lowest BCUT2D eigenvalue weighted by atomic mass is 9.92. The summed E-state index contributed by atoms with van der Waals surface area (Å²) in [7, 11) is 5.13. The van der Waals surface area contributed by atoms with Crippen molar-refractivity contribution in [3.63, 3.8) is 0 Å². The molecule has 0 aliphatic heterocycles. The molecule has 3 N–H and O–H groups in total. The van der Waals surface area contributed by atoms with E-state index in [1.54, 1.807) is 42.5 Å². The second kappa shape index (κ2) is 9.67. The van der Waals surface area contributed by atoms with E-state index in [-0.39, 0.29) is 35.8 Å². The Morgan fingerprint density at radius 1 is 1.17 bits per heavy atom. The molecule has 3 aromatic heterocycles. The Morgan fingerprint density at radius 3 is 2.66 bits per heavy atom. The van der Waals surface area contributed by atoms with E-state index in [1.165, 1.54) is 6.20 Å². The van der Waals surface area contributed by atoms with Gasteiger partial charge in [0.15, 0.2) is 5.65 Å². The van der Waals surface area contributed by atoms with Gasteiger partial charge in [0.25, 0.3) is 11.5 Å². The number of ether oxygens (including phenoxy) is 2. The van der Waals surface area contributed by atoms with Gasteiger partial charge in [-0.15, -0.1) is 0 Å². The molecule has 11 nitrogen and oxygen atoms in total. The minimum absolute atomic E-state index is 0.00531. The average molecular weight is 482 g/mol. The van der Waals surface area contributed by atoms with Crippen LogP contribution in [0.5, 0.6) is 0 Å². The summed E-state index contributed by atoms with van der Waals surface area (Å²) < 4.78 is 14.1. The van der Waals surface area contributed by atoms with Crippen molar-refractivity contribution >= 4 is 28.9 Å². The molecular weight excluding hydrogens is 450 g/mol. The van der Waals surface area contributed by atoms with Crippen LogP contribution in [0, 0.1) is 0 Å². The minimum Gasteiger partial charge on any atom is -0.381 e. The Morgan fingerprint density at radius 2 is 1.97 bits per heavy atom. The van der Waals surface area contributed by atoms with E-state index >= 15 is 0 Å². The Balaban J connectivity index is 1.41. The normalized spacial score (nSPS) is 23.7. The first-order valence-electron chi connectivity index (χ1n) is 11.9. The predicted molar refractivity (Wildman–Crippen MR) is 131 cm³/mol. The second-order valence-corrected chi connectivity index (χ2v) is 9.09. The Bertz CT molecular complexity index is 1280. The first-order valence-corrected chi connectivity index (χ1v) is 11.9. The molecule has 186 valence electrons. The van der Waals surface area contributed by atoms with E-state index < -0.39 is 0 Å². The lowest BCUT2D eigenvalue weighted by Crippen LogP contribution is -2.30. The van der Waals surface area contributed by atoms with E-state index in [0.717, 1.165) is 32.1 Å². The van der Waals surface area contributed by atoms with Crippen LogP contribution in [0.2, 0.25) is 0 Å². The van der Waals surface area contributed by atoms with Crippen LogP contribution < -0.4 is 21.5 Å². The summed E-state index contributed by atoms with van der Waals surface area (Å²) in [5.74, 6) is 0.812. The van der Waals surface area contributed by atoms with Gasteiger partial charge in [-0.3, -0.25) is 9.59 Å². The molecule has 1 amide bonds. The van der Waals surface area contributed by atoms with Crippen LogP contribution in [0.15, 0.2) is 35.4 Å². The fourth-order valence-electron chi connectivity index (χ4n) is 4.79.